The van der Waals surface area contributed by atoms with Crippen molar-refractivity contribution in [3.63, 3.8) is 0 Å². The second-order valence-corrected chi connectivity index (χ2v) is 9.42. The summed E-state index contributed by atoms with van der Waals surface area (Å²) < 4.78 is 13.5. The van der Waals surface area contributed by atoms with E-state index in [4.69, 9.17) is 0 Å². The molecule has 2 atom stereocenters. The van der Waals surface area contributed by atoms with Gasteiger partial charge in [-0.3, -0.25) is 9.59 Å². The van der Waals surface area contributed by atoms with E-state index >= 15 is 0 Å². The van der Waals surface area contributed by atoms with Crippen LogP contribution in [-0.4, -0.2) is 29.8 Å². The van der Waals surface area contributed by atoms with Gasteiger partial charge in [0.1, 0.15) is 5.82 Å². The van der Waals surface area contributed by atoms with Crippen LogP contribution in [0.2, 0.25) is 0 Å². The van der Waals surface area contributed by atoms with Crippen molar-refractivity contribution in [3.05, 3.63) is 101 Å². The van der Waals surface area contributed by atoms with Crippen LogP contribution in [0.3, 0.4) is 0 Å². The van der Waals surface area contributed by atoms with Gasteiger partial charge in [0.05, 0.1) is 12.0 Å². The summed E-state index contributed by atoms with van der Waals surface area (Å²) in [5.74, 6) is -0.150. The number of benzene rings is 3. The van der Waals surface area contributed by atoms with E-state index < -0.39 is 0 Å². The first kappa shape index (κ1) is 25.6. The van der Waals surface area contributed by atoms with Gasteiger partial charge in [-0.15, -0.1) is 0 Å². The maximum Gasteiger partial charge on any atom is 0.233 e. The zero-order valence-corrected chi connectivity index (χ0v) is 21.2. The number of hydrogen-bond donors (Lipinski definition) is 0. The summed E-state index contributed by atoms with van der Waals surface area (Å²) in [4.78, 5) is 29.3. The van der Waals surface area contributed by atoms with E-state index in [1.54, 1.807) is 17.0 Å². The number of rotatable bonds is 11. The second-order valence-electron chi connectivity index (χ2n) is 9.42. The number of carbonyl (C=O) groups is 2. The van der Waals surface area contributed by atoms with Crippen LogP contribution in [-0.2, 0) is 22.4 Å². The highest BCUT2D eigenvalue weighted by molar-refractivity contribution is 6.03. The fourth-order valence-corrected chi connectivity index (χ4v) is 5.14. The molecule has 0 bridgehead atoms. The zero-order valence-electron chi connectivity index (χ0n) is 21.2. The summed E-state index contributed by atoms with van der Waals surface area (Å²) in [6, 6.07) is 24.7. The van der Waals surface area contributed by atoms with Crippen molar-refractivity contribution in [2.45, 2.75) is 52.0 Å². The maximum absolute atomic E-state index is 13.5. The van der Waals surface area contributed by atoms with Crippen LogP contribution in [0, 0.1) is 11.7 Å². The van der Waals surface area contributed by atoms with Crippen molar-refractivity contribution in [2.75, 3.05) is 18.0 Å². The molecule has 1 fully saturated rings. The number of anilines is 1. The summed E-state index contributed by atoms with van der Waals surface area (Å²) in [5.41, 5.74) is 4.18. The normalized spacial score (nSPS) is 17.1. The Kier molecular flexibility index (Phi) is 8.52. The number of carbonyl (C=O) groups excluding carboxylic acids is 2. The lowest BCUT2D eigenvalue weighted by atomic mass is 9.78. The molecule has 1 heterocycles. The van der Waals surface area contributed by atoms with Gasteiger partial charge in [-0.25, -0.2) is 4.39 Å². The lowest BCUT2D eigenvalue weighted by Gasteiger charge is -2.47. The molecule has 0 aliphatic carbocycles. The standard InChI is InChI=1S/C31H35FN2O2/c1-3-33(4-2)29(35)22-15-24-13-16-25(17-14-24)30-28(12-8-11-23-9-6-5-7-10-23)31(36)34(30)27-20-18-26(32)19-21-27/h5-7,9-10,13-14,16-21,28,30H,3-4,8,11-12,15,22H2,1-2H3/t28-,30-/m1/s1. The topological polar surface area (TPSA) is 40.6 Å². The van der Waals surface area contributed by atoms with Crippen molar-refractivity contribution in [1.29, 1.82) is 0 Å². The van der Waals surface area contributed by atoms with Crippen LogP contribution >= 0.6 is 0 Å². The molecule has 0 radical (unpaired) electrons. The van der Waals surface area contributed by atoms with Crippen LogP contribution in [0.5, 0.6) is 0 Å². The lowest BCUT2D eigenvalue weighted by molar-refractivity contribution is -0.131. The Hall–Kier alpha value is -3.47. The van der Waals surface area contributed by atoms with Gasteiger partial charge < -0.3 is 9.80 Å². The highest BCUT2D eigenvalue weighted by Crippen LogP contribution is 2.45. The van der Waals surface area contributed by atoms with E-state index in [1.807, 2.05) is 36.9 Å². The van der Waals surface area contributed by atoms with Gasteiger partial charge in [-0.2, -0.15) is 0 Å². The second kappa shape index (κ2) is 12.0. The van der Waals surface area contributed by atoms with E-state index in [-0.39, 0.29) is 29.6 Å². The number of β-lactam (4-membered cyclic amide) rings is 1. The van der Waals surface area contributed by atoms with Crippen LogP contribution in [0.1, 0.15) is 55.8 Å². The fraction of sp³-hybridized carbons (Fsp3) is 0.355. The molecular formula is C31H35FN2O2. The molecule has 0 aromatic heterocycles. The maximum atomic E-state index is 13.5. The van der Waals surface area contributed by atoms with Crippen LogP contribution in [0.15, 0.2) is 78.9 Å². The highest BCUT2D eigenvalue weighted by atomic mass is 19.1. The third-order valence-corrected chi connectivity index (χ3v) is 7.21. The number of hydrogen-bond acceptors (Lipinski definition) is 2. The molecule has 3 aromatic rings. The van der Waals surface area contributed by atoms with Gasteiger partial charge in [-0.05, 0) is 80.5 Å². The smallest absolute Gasteiger partial charge is 0.233 e. The Balaban J connectivity index is 1.47. The molecule has 0 N–H and O–H groups in total. The van der Waals surface area contributed by atoms with Gasteiger partial charge in [0.15, 0.2) is 0 Å². The van der Waals surface area contributed by atoms with Gasteiger partial charge in [0.25, 0.3) is 0 Å². The van der Waals surface area contributed by atoms with E-state index in [0.717, 1.165) is 49.2 Å². The van der Waals surface area contributed by atoms with Crippen LogP contribution < -0.4 is 4.90 Å². The highest BCUT2D eigenvalue weighted by Gasteiger charge is 2.48. The van der Waals surface area contributed by atoms with Crippen molar-refractivity contribution in [2.24, 2.45) is 5.92 Å². The average Bonchev–Trinajstić information content (AvgIpc) is 2.91. The largest absolute Gasteiger partial charge is 0.343 e. The van der Waals surface area contributed by atoms with Crippen LogP contribution in [0.25, 0.3) is 0 Å². The third-order valence-electron chi connectivity index (χ3n) is 7.21. The number of halogens is 1. The number of aryl methyl sites for hydroxylation is 2. The van der Waals surface area contributed by atoms with Gasteiger partial charge in [0, 0.05) is 25.2 Å². The van der Waals surface area contributed by atoms with Gasteiger partial charge in [0.2, 0.25) is 11.8 Å². The zero-order chi connectivity index (χ0) is 25.5. The minimum absolute atomic E-state index is 0.0786. The molecule has 0 saturated carbocycles. The fourth-order valence-electron chi connectivity index (χ4n) is 5.14. The molecule has 1 aliphatic rings. The van der Waals surface area contributed by atoms with E-state index in [0.29, 0.717) is 12.8 Å². The molecule has 3 aromatic carbocycles. The Morgan fingerprint density at radius 2 is 1.50 bits per heavy atom. The van der Waals surface area contributed by atoms with E-state index in [1.165, 1.54) is 17.7 Å². The third kappa shape index (κ3) is 5.84. The molecule has 4 nitrogen and oxygen atoms in total. The molecule has 0 spiro atoms. The Morgan fingerprint density at radius 3 is 2.14 bits per heavy atom. The lowest BCUT2D eigenvalue weighted by Crippen LogP contribution is -2.55. The van der Waals surface area contributed by atoms with E-state index in [2.05, 4.69) is 36.4 Å². The number of nitrogens with zero attached hydrogens (tertiary/aromatic N) is 2. The summed E-state index contributed by atoms with van der Waals surface area (Å²) in [6.45, 7) is 5.46. The van der Waals surface area contributed by atoms with Crippen molar-refractivity contribution in [3.8, 4) is 0 Å². The Morgan fingerprint density at radius 1 is 0.861 bits per heavy atom. The summed E-state index contributed by atoms with van der Waals surface area (Å²) in [7, 11) is 0. The molecule has 36 heavy (non-hydrogen) atoms. The predicted octanol–water partition coefficient (Wildman–Crippen LogP) is 6.35. The van der Waals surface area contributed by atoms with Crippen molar-refractivity contribution < 1.29 is 14.0 Å². The first-order valence-corrected chi connectivity index (χ1v) is 13.0. The molecule has 1 aliphatic heterocycles. The van der Waals surface area contributed by atoms with Crippen molar-refractivity contribution in [1.82, 2.24) is 4.90 Å². The first-order valence-electron chi connectivity index (χ1n) is 13.0. The summed E-state index contributed by atoms with van der Waals surface area (Å²) >= 11 is 0. The van der Waals surface area contributed by atoms with Gasteiger partial charge >= 0.3 is 0 Å². The SMILES string of the molecule is CCN(CC)C(=O)CCc1ccc([C@@H]2[C@@H](CCCc3ccccc3)C(=O)N2c2ccc(F)cc2)cc1. The minimum Gasteiger partial charge on any atom is -0.343 e. The molecule has 188 valence electrons. The molecule has 2 amide bonds. The number of amides is 2. The molecule has 0 unspecified atom stereocenters. The monoisotopic (exact) mass is 486 g/mol. The van der Waals surface area contributed by atoms with Crippen molar-refractivity contribution >= 4 is 17.5 Å². The molecular weight excluding hydrogens is 451 g/mol. The Bertz CT molecular complexity index is 1140. The predicted molar refractivity (Wildman–Crippen MR) is 142 cm³/mol. The van der Waals surface area contributed by atoms with Gasteiger partial charge in [-0.1, -0.05) is 54.6 Å². The minimum atomic E-state index is -0.314. The molecule has 5 heteroatoms. The molecule has 1 saturated heterocycles. The average molecular weight is 487 g/mol. The molecule has 4 rings (SSSR count). The Labute approximate surface area is 213 Å². The summed E-state index contributed by atoms with van der Waals surface area (Å²) in [6.07, 6.45) is 3.86. The van der Waals surface area contributed by atoms with E-state index in [9.17, 15) is 14.0 Å². The summed E-state index contributed by atoms with van der Waals surface area (Å²) in [5, 5.41) is 0. The quantitative estimate of drug-likeness (QED) is 0.296. The van der Waals surface area contributed by atoms with Crippen LogP contribution in [0.4, 0.5) is 10.1 Å². The first-order chi connectivity index (χ1) is 17.5.